The van der Waals surface area contributed by atoms with Crippen LogP contribution < -0.4 is 0 Å². The predicted octanol–water partition coefficient (Wildman–Crippen LogP) is 3.25. The molecule has 0 atom stereocenters. The molecule has 17 heavy (non-hydrogen) atoms. The molecular formula is C10H7ClN4S2. The molecule has 0 aliphatic carbocycles. The van der Waals surface area contributed by atoms with E-state index in [9.17, 15) is 0 Å². The van der Waals surface area contributed by atoms with E-state index in [0.717, 1.165) is 16.2 Å². The number of halogens is 1. The Morgan fingerprint density at radius 2 is 2.35 bits per heavy atom. The van der Waals surface area contributed by atoms with E-state index < -0.39 is 0 Å². The summed E-state index contributed by atoms with van der Waals surface area (Å²) in [4.78, 5) is 11.6. The van der Waals surface area contributed by atoms with Crippen molar-refractivity contribution in [3.63, 3.8) is 0 Å². The van der Waals surface area contributed by atoms with Gasteiger partial charge in [-0.3, -0.25) is 4.57 Å². The number of hydrogen-bond donors (Lipinski definition) is 1. The predicted molar refractivity (Wildman–Crippen MR) is 71.1 cm³/mol. The fourth-order valence-corrected chi connectivity index (χ4v) is 2.65. The topological polar surface area (TPSA) is 46.5 Å². The van der Waals surface area contributed by atoms with Crippen LogP contribution in [0.1, 0.15) is 5.01 Å². The minimum absolute atomic E-state index is 0.593. The average Bonchev–Trinajstić information content (AvgIpc) is 2.88. The number of pyridine rings is 1. The van der Waals surface area contributed by atoms with E-state index in [-0.39, 0.29) is 0 Å². The Balaban J connectivity index is 2.16. The van der Waals surface area contributed by atoms with Crippen molar-refractivity contribution in [1.29, 1.82) is 0 Å². The standard InChI is InChI=1S/C10H7ClN4S2/c11-6-3-7-9(13-4-6)15(10(16)14-7)5-8-12-1-2-17-8/h1-4H,5H2,(H,14,16). The summed E-state index contributed by atoms with van der Waals surface area (Å²) >= 11 is 12.8. The minimum Gasteiger partial charge on any atom is -0.329 e. The summed E-state index contributed by atoms with van der Waals surface area (Å²) in [5.41, 5.74) is 1.65. The lowest BCUT2D eigenvalue weighted by Crippen LogP contribution is -2.00. The normalized spacial score (nSPS) is 11.1. The highest BCUT2D eigenvalue weighted by Gasteiger charge is 2.07. The Morgan fingerprint density at radius 3 is 3.12 bits per heavy atom. The monoisotopic (exact) mass is 282 g/mol. The summed E-state index contributed by atoms with van der Waals surface area (Å²) in [5.74, 6) is 0. The van der Waals surface area contributed by atoms with Crippen LogP contribution in [0.5, 0.6) is 0 Å². The van der Waals surface area contributed by atoms with Gasteiger partial charge < -0.3 is 4.98 Å². The number of aromatic nitrogens is 4. The second kappa shape index (κ2) is 4.21. The minimum atomic E-state index is 0.593. The van der Waals surface area contributed by atoms with Gasteiger partial charge in [0.2, 0.25) is 0 Å². The van der Waals surface area contributed by atoms with Gasteiger partial charge in [-0.1, -0.05) is 11.6 Å². The summed E-state index contributed by atoms with van der Waals surface area (Å²) < 4.78 is 2.55. The van der Waals surface area contributed by atoms with Crippen molar-refractivity contribution in [1.82, 2.24) is 19.5 Å². The van der Waals surface area contributed by atoms with Gasteiger partial charge in [0.1, 0.15) is 5.01 Å². The first-order valence-electron chi connectivity index (χ1n) is 4.86. The van der Waals surface area contributed by atoms with Gasteiger partial charge in [0.25, 0.3) is 0 Å². The molecule has 3 heterocycles. The summed E-state index contributed by atoms with van der Waals surface area (Å²) in [5, 5.41) is 3.53. The molecular weight excluding hydrogens is 276 g/mol. The molecule has 3 aromatic heterocycles. The molecule has 0 amide bonds. The zero-order valence-electron chi connectivity index (χ0n) is 8.55. The second-order valence-electron chi connectivity index (χ2n) is 3.47. The third-order valence-electron chi connectivity index (χ3n) is 2.35. The maximum absolute atomic E-state index is 5.89. The van der Waals surface area contributed by atoms with Gasteiger partial charge in [0.05, 0.1) is 17.1 Å². The number of nitrogens with one attached hydrogen (secondary N) is 1. The Morgan fingerprint density at radius 1 is 1.47 bits per heavy atom. The Hall–Kier alpha value is -1.24. The SMILES string of the molecule is S=c1[nH]c2cc(Cl)cnc2n1Cc1nccs1. The van der Waals surface area contributed by atoms with Crippen molar-refractivity contribution in [2.24, 2.45) is 0 Å². The maximum Gasteiger partial charge on any atom is 0.179 e. The van der Waals surface area contributed by atoms with Crippen molar-refractivity contribution < 1.29 is 0 Å². The van der Waals surface area contributed by atoms with Crippen LogP contribution in [0.4, 0.5) is 0 Å². The summed E-state index contributed by atoms with van der Waals surface area (Å²) in [7, 11) is 0. The summed E-state index contributed by atoms with van der Waals surface area (Å²) in [6, 6.07) is 1.82. The molecule has 0 saturated carbocycles. The van der Waals surface area contributed by atoms with Crippen LogP contribution >= 0.6 is 35.2 Å². The van der Waals surface area contributed by atoms with E-state index in [4.69, 9.17) is 23.8 Å². The van der Waals surface area contributed by atoms with Crippen LogP contribution in [0.3, 0.4) is 0 Å². The van der Waals surface area contributed by atoms with Crippen LogP contribution in [0.2, 0.25) is 5.02 Å². The van der Waals surface area contributed by atoms with Crippen LogP contribution in [0.15, 0.2) is 23.8 Å². The van der Waals surface area contributed by atoms with Crippen molar-refractivity contribution in [3.8, 4) is 0 Å². The average molecular weight is 283 g/mol. The fourth-order valence-electron chi connectivity index (χ4n) is 1.63. The molecule has 0 saturated heterocycles. The molecule has 0 bridgehead atoms. The number of hydrogen-bond acceptors (Lipinski definition) is 4. The second-order valence-corrected chi connectivity index (χ2v) is 5.27. The quantitative estimate of drug-likeness (QED) is 0.734. The molecule has 3 rings (SSSR count). The molecule has 0 radical (unpaired) electrons. The largest absolute Gasteiger partial charge is 0.329 e. The van der Waals surface area contributed by atoms with Gasteiger partial charge >= 0.3 is 0 Å². The molecule has 86 valence electrons. The molecule has 7 heteroatoms. The Labute approximate surface area is 111 Å². The van der Waals surface area contributed by atoms with Crippen LogP contribution in [0.25, 0.3) is 11.2 Å². The van der Waals surface area contributed by atoms with Crippen LogP contribution in [-0.4, -0.2) is 19.5 Å². The number of imidazole rings is 1. The number of rotatable bonds is 2. The number of nitrogens with zero attached hydrogens (tertiary/aromatic N) is 3. The zero-order valence-corrected chi connectivity index (χ0v) is 10.9. The van der Waals surface area contributed by atoms with E-state index in [0.29, 0.717) is 16.3 Å². The number of thiazole rings is 1. The third-order valence-corrected chi connectivity index (χ3v) is 3.65. The number of fused-ring (bicyclic) bond motifs is 1. The Bertz CT molecular complexity index is 714. The molecule has 3 aromatic rings. The highest BCUT2D eigenvalue weighted by Crippen LogP contribution is 2.18. The number of H-pyrrole nitrogens is 1. The van der Waals surface area contributed by atoms with Crippen LogP contribution in [0, 0.1) is 4.77 Å². The van der Waals surface area contributed by atoms with Gasteiger partial charge in [-0.05, 0) is 18.3 Å². The van der Waals surface area contributed by atoms with E-state index in [1.807, 2.05) is 16.0 Å². The lowest BCUT2D eigenvalue weighted by Gasteiger charge is -2.00. The van der Waals surface area contributed by atoms with Gasteiger partial charge in [-0.15, -0.1) is 11.3 Å². The fraction of sp³-hybridized carbons (Fsp3) is 0.100. The van der Waals surface area contributed by atoms with Crippen LogP contribution in [-0.2, 0) is 6.54 Å². The van der Waals surface area contributed by atoms with Crippen molar-refractivity contribution in [2.45, 2.75) is 6.54 Å². The van der Waals surface area contributed by atoms with Gasteiger partial charge in [-0.25, -0.2) is 9.97 Å². The summed E-state index contributed by atoms with van der Waals surface area (Å²) in [6.45, 7) is 0.630. The molecule has 0 aliphatic rings. The van der Waals surface area contributed by atoms with Crippen molar-refractivity contribution in [3.05, 3.63) is 38.6 Å². The molecule has 0 unspecified atom stereocenters. The lowest BCUT2D eigenvalue weighted by molar-refractivity contribution is 0.794. The first-order chi connectivity index (χ1) is 8.24. The van der Waals surface area contributed by atoms with E-state index in [1.165, 1.54) is 0 Å². The van der Waals surface area contributed by atoms with Crippen molar-refractivity contribution in [2.75, 3.05) is 0 Å². The lowest BCUT2D eigenvalue weighted by atomic mass is 10.4. The summed E-state index contributed by atoms with van der Waals surface area (Å²) in [6.07, 6.45) is 3.40. The highest BCUT2D eigenvalue weighted by atomic mass is 35.5. The Kier molecular flexibility index (Phi) is 2.70. The molecule has 0 aliphatic heterocycles. The van der Waals surface area contributed by atoms with Gasteiger partial charge in [-0.2, -0.15) is 0 Å². The molecule has 4 nitrogen and oxygen atoms in total. The van der Waals surface area contributed by atoms with E-state index >= 15 is 0 Å². The maximum atomic E-state index is 5.89. The van der Waals surface area contributed by atoms with Gasteiger partial charge in [0, 0.05) is 17.8 Å². The van der Waals surface area contributed by atoms with Gasteiger partial charge in [0.15, 0.2) is 10.4 Å². The molecule has 0 fully saturated rings. The first kappa shape index (κ1) is 10.9. The van der Waals surface area contributed by atoms with Crippen molar-refractivity contribution >= 4 is 46.3 Å². The zero-order chi connectivity index (χ0) is 11.8. The first-order valence-corrected chi connectivity index (χ1v) is 6.53. The molecule has 0 spiro atoms. The molecule has 1 N–H and O–H groups in total. The molecule has 0 aromatic carbocycles. The number of aromatic amines is 1. The van der Waals surface area contributed by atoms with E-state index in [2.05, 4.69) is 15.0 Å². The highest BCUT2D eigenvalue weighted by molar-refractivity contribution is 7.71. The smallest absolute Gasteiger partial charge is 0.179 e. The van der Waals surface area contributed by atoms with E-state index in [1.54, 1.807) is 23.7 Å². The third kappa shape index (κ3) is 1.99.